The Bertz CT molecular complexity index is 1040. The van der Waals surface area contributed by atoms with Crippen molar-refractivity contribution in [1.29, 1.82) is 0 Å². The molecule has 0 aliphatic rings. The summed E-state index contributed by atoms with van der Waals surface area (Å²) in [6.45, 7) is 1.76. The van der Waals surface area contributed by atoms with Crippen molar-refractivity contribution in [1.82, 2.24) is 10.1 Å². The Balaban J connectivity index is 0.00000240. The van der Waals surface area contributed by atoms with E-state index in [4.69, 9.17) is 9.42 Å². The Morgan fingerprint density at radius 2 is 1.77 bits per heavy atom. The van der Waals surface area contributed by atoms with Crippen molar-refractivity contribution in [2.45, 2.75) is 24.6 Å². The molecule has 0 aliphatic heterocycles. The van der Waals surface area contributed by atoms with Crippen LogP contribution in [-0.4, -0.2) is 80.3 Å². The molecule has 1 atom stereocenters. The van der Waals surface area contributed by atoms with Crippen LogP contribution in [0.25, 0.3) is 11.5 Å². The molecular weight excluding hydrogens is 535 g/mol. The van der Waals surface area contributed by atoms with Gasteiger partial charge in [-0.3, -0.25) is 0 Å². The topological polar surface area (TPSA) is 85.5 Å². The number of rotatable bonds is 8. The van der Waals surface area contributed by atoms with Crippen LogP contribution in [0.4, 0.5) is 8.78 Å². The first-order valence-corrected chi connectivity index (χ1v) is 11.9. The molecule has 1 aromatic heterocycles. The van der Waals surface area contributed by atoms with Crippen molar-refractivity contribution in [3.63, 3.8) is 0 Å². The molecule has 3 rings (SSSR count). The maximum Gasteiger partial charge on any atom is 0.442 e. The monoisotopic (exact) mass is 550 g/mol. The van der Waals surface area contributed by atoms with E-state index in [1.54, 1.807) is 30.8 Å². The minimum absolute atomic E-state index is 0. The van der Waals surface area contributed by atoms with Crippen molar-refractivity contribution in [3.05, 3.63) is 63.9 Å². The molecule has 1 unspecified atom stereocenters. The molecule has 0 spiro atoms. The van der Waals surface area contributed by atoms with E-state index in [0.717, 1.165) is 22.4 Å². The molecule has 0 saturated heterocycles. The summed E-state index contributed by atoms with van der Waals surface area (Å²) in [6, 6.07) is 12.5. The van der Waals surface area contributed by atoms with Crippen molar-refractivity contribution < 1.29 is 27.3 Å². The third-order valence-electron chi connectivity index (χ3n) is 3.74. The van der Waals surface area contributed by atoms with Crippen molar-refractivity contribution in [2.75, 3.05) is 0 Å². The number of hydrogen-bond donors (Lipinski definition) is 1. The largest absolute Gasteiger partial charge is 0.442 e. The van der Waals surface area contributed by atoms with Crippen LogP contribution in [0.3, 0.4) is 0 Å². The smallest absolute Gasteiger partial charge is 0.420 e. The molecule has 13 heteroatoms. The van der Waals surface area contributed by atoms with Gasteiger partial charge in [-0.1, -0.05) is 23.4 Å². The van der Waals surface area contributed by atoms with Gasteiger partial charge >= 0.3 is 13.8 Å². The van der Waals surface area contributed by atoms with Gasteiger partial charge in [0.05, 0.1) is 4.47 Å². The van der Waals surface area contributed by atoms with Crippen LogP contribution in [0.5, 0.6) is 5.75 Å². The number of benzene rings is 2. The molecule has 31 heavy (non-hydrogen) atoms. The van der Waals surface area contributed by atoms with Crippen molar-refractivity contribution in [2.24, 2.45) is 0 Å². The van der Waals surface area contributed by atoms with Crippen LogP contribution in [0, 0.1) is 6.92 Å². The zero-order valence-corrected chi connectivity index (χ0v) is 24.4. The number of aryl methyl sites for hydroxylation is 1. The second-order valence-electron chi connectivity index (χ2n) is 6.03. The maximum absolute atomic E-state index is 12.5. The van der Waals surface area contributed by atoms with Gasteiger partial charge in [0.1, 0.15) is 5.75 Å². The van der Waals surface area contributed by atoms with Crippen molar-refractivity contribution in [3.8, 4) is 17.2 Å². The summed E-state index contributed by atoms with van der Waals surface area (Å²) in [5.41, 5.74) is 2.88. The minimum atomic E-state index is -5.00. The summed E-state index contributed by atoms with van der Waals surface area (Å²) < 4.78 is 46.3. The first-order valence-electron chi connectivity index (χ1n) is 8.30. The number of halogens is 3. The van der Waals surface area contributed by atoms with Gasteiger partial charge in [0.15, 0.2) is 5.82 Å². The van der Waals surface area contributed by atoms with Crippen LogP contribution < -0.4 is 4.52 Å². The molecule has 0 amide bonds. The Hall–Kier alpha value is 0.260. The molecule has 0 aliphatic carbocycles. The fourth-order valence-corrected chi connectivity index (χ4v) is 4.43. The molecule has 2 radical (unpaired) electrons. The molecule has 1 heterocycles. The number of hydrogen-bond acceptors (Lipinski definition) is 6. The summed E-state index contributed by atoms with van der Waals surface area (Å²) in [7, 11) is -5.00. The second-order valence-corrected chi connectivity index (χ2v) is 9.58. The molecule has 0 bridgehead atoms. The zero-order chi connectivity index (χ0) is 21.0. The quantitative estimate of drug-likeness (QED) is 0.302. The van der Waals surface area contributed by atoms with Gasteiger partial charge in [-0.2, -0.15) is 25.5 Å². The SMILES string of the molecule is Cc1noc(-c2ccc(CSCc3ccc(OP(=O)(O)C(F)F)c(Br)c3)cc2)n1.[Na].[Na]. The molecular formula is C18H16BrF2N2Na2O4PS. The molecule has 0 saturated carbocycles. The standard InChI is InChI=1S/C18H16BrF2N2O4PS.2Na/c1-11-22-17(26-23-11)14-5-2-12(3-6-14)9-29-10-13-4-7-16(15(19)8-13)27-28(24,25)18(20)21;;/h2-8,18H,9-10H2,1H3,(H,24,25);;. The first-order chi connectivity index (χ1) is 13.7. The first kappa shape index (κ1) is 29.3. The van der Waals surface area contributed by atoms with E-state index < -0.39 is 13.8 Å². The predicted molar refractivity (Wildman–Crippen MR) is 122 cm³/mol. The fraction of sp³-hybridized carbons (Fsp3) is 0.222. The Labute approximate surface area is 235 Å². The van der Waals surface area contributed by atoms with Crippen LogP contribution >= 0.6 is 35.3 Å². The van der Waals surface area contributed by atoms with E-state index in [0.29, 0.717) is 21.9 Å². The summed E-state index contributed by atoms with van der Waals surface area (Å²) >= 11 is 4.85. The maximum atomic E-state index is 12.5. The zero-order valence-electron chi connectivity index (χ0n) is 17.1. The van der Waals surface area contributed by atoms with Gasteiger partial charge in [0.2, 0.25) is 0 Å². The Morgan fingerprint density at radius 3 is 2.32 bits per heavy atom. The van der Waals surface area contributed by atoms with Crippen LogP contribution in [0.1, 0.15) is 17.0 Å². The number of alkyl halides is 2. The average Bonchev–Trinajstić information content (AvgIpc) is 3.10. The van der Waals surface area contributed by atoms with Gasteiger partial charge in [-0.25, -0.2) is 4.57 Å². The van der Waals surface area contributed by atoms with E-state index in [-0.39, 0.29) is 64.9 Å². The van der Waals surface area contributed by atoms with Crippen LogP contribution in [-0.2, 0) is 16.1 Å². The molecule has 1 N–H and O–H groups in total. The van der Waals surface area contributed by atoms with Crippen molar-refractivity contribution >= 4 is 94.4 Å². The Kier molecular flexibility index (Phi) is 12.5. The molecule has 2 aromatic carbocycles. The summed E-state index contributed by atoms with van der Waals surface area (Å²) in [5.74, 6) is 2.38. The summed E-state index contributed by atoms with van der Waals surface area (Å²) in [5, 5.41) is 3.77. The molecule has 3 aromatic rings. The molecule has 156 valence electrons. The number of nitrogens with zero attached hydrogens (tertiary/aromatic N) is 2. The Morgan fingerprint density at radius 1 is 1.16 bits per heavy atom. The average molecular weight is 551 g/mol. The third kappa shape index (κ3) is 8.52. The molecule has 6 nitrogen and oxygen atoms in total. The number of thioether (sulfide) groups is 1. The van der Waals surface area contributed by atoms with E-state index in [9.17, 15) is 13.3 Å². The normalized spacial score (nSPS) is 12.6. The van der Waals surface area contributed by atoms with Crippen LogP contribution in [0.15, 0.2) is 51.5 Å². The van der Waals surface area contributed by atoms with E-state index in [1.807, 2.05) is 24.3 Å². The van der Waals surface area contributed by atoms with Gasteiger partial charge in [0.25, 0.3) is 5.89 Å². The molecule has 0 fully saturated rings. The predicted octanol–water partition coefficient (Wildman–Crippen LogP) is 5.27. The minimum Gasteiger partial charge on any atom is -0.420 e. The van der Waals surface area contributed by atoms with Gasteiger partial charge in [0, 0.05) is 76.2 Å². The summed E-state index contributed by atoms with van der Waals surface area (Å²) in [4.78, 5) is 13.3. The second kappa shape index (κ2) is 13.2. The van der Waals surface area contributed by atoms with Gasteiger partial charge in [-0.05, 0) is 58.2 Å². The van der Waals surface area contributed by atoms with Gasteiger partial charge < -0.3 is 13.9 Å². The number of aromatic nitrogens is 2. The van der Waals surface area contributed by atoms with E-state index >= 15 is 0 Å². The fourth-order valence-electron chi connectivity index (χ4n) is 2.33. The van der Waals surface area contributed by atoms with E-state index in [2.05, 4.69) is 30.6 Å². The van der Waals surface area contributed by atoms with Crippen LogP contribution in [0.2, 0.25) is 0 Å². The summed E-state index contributed by atoms with van der Waals surface area (Å²) in [6.07, 6.45) is -3.46. The van der Waals surface area contributed by atoms with E-state index in [1.165, 1.54) is 6.07 Å². The van der Waals surface area contributed by atoms with Gasteiger partial charge in [-0.15, -0.1) is 0 Å². The third-order valence-corrected chi connectivity index (χ3v) is 6.38.